The van der Waals surface area contributed by atoms with Crippen LogP contribution in [0.25, 0.3) is 0 Å². The maximum atomic E-state index is 9.53. The average molecular weight is 201 g/mol. The van der Waals surface area contributed by atoms with Gasteiger partial charge in [0.1, 0.15) is 0 Å². The van der Waals surface area contributed by atoms with Gasteiger partial charge in [0, 0.05) is 0 Å². The Bertz CT molecular complexity index is 30.2. The molecule has 0 atom stereocenters. The number of hydrogen-bond donors (Lipinski definition) is 0. The summed E-state index contributed by atoms with van der Waals surface area (Å²) in [4.78, 5) is 3.00. The van der Waals surface area contributed by atoms with E-state index in [1.807, 2.05) is 6.92 Å². The van der Waals surface area contributed by atoms with Crippen molar-refractivity contribution in [2.45, 2.75) is 43.6 Å². The van der Waals surface area contributed by atoms with E-state index in [1.54, 1.807) is 0 Å². The first-order valence-electron chi connectivity index (χ1n) is 4.23. The SMILES string of the molecule is CCCC[O-].C[CH2][Ga+][CH2]C. The van der Waals surface area contributed by atoms with Crippen molar-refractivity contribution in [1.29, 1.82) is 0 Å². The van der Waals surface area contributed by atoms with Crippen LogP contribution in [0.3, 0.4) is 0 Å². The summed E-state index contributed by atoms with van der Waals surface area (Å²) in [5.74, 6) is 0. The van der Waals surface area contributed by atoms with E-state index in [0.717, 1.165) is 12.8 Å². The Hall–Kier alpha value is 0.596. The van der Waals surface area contributed by atoms with Gasteiger partial charge >= 0.3 is 41.2 Å². The molecule has 0 unspecified atom stereocenters. The van der Waals surface area contributed by atoms with Crippen LogP contribution in [0, 0.1) is 0 Å². The van der Waals surface area contributed by atoms with Crippen LogP contribution in [-0.4, -0.2) is 24.0 Å². The van der Waals surface area contributed by atoms with Gasteiger partial charge in [-0.05, 0) is 0 Å². The van der Waals surface area contributed by atoms with Gasteiger partial charge < -0.3 is 5.11 Å². The molecule has 1 nitrogen and oxygen atoms in total. The van der Waals surface area contributed by atoms with Crippen molar-refractivity contribution in [3.05, 3.63) is 0 Å². The first-order valence-corrected chi connectivity index (χ1v) is 7.65. The van der Waals surface area contributed by atoms with E-state index < -0.39 is 0 Å². The van der Waals surface area contributed by atoms with E-state index in [1.165, 1.54) is 9.95 Å². The second kappa shape index (κ2) is 16.3. The molecule has 60 valence electrons. The van der Waals surface area contributed by atoms with E-state index in [4.69, 9.17) is 0 Å². The average Bonchev–Trinajstić information content (AvgIpc) is 1.93. The van der Waals surface area contributed by atoms with Crippen molar-refractivity contribution in [1.82, 2.24) is 0 Å². The molecule has 0 radical (unpaired) electrons. The van der Waals surface area contributed by atoms with Crippen molar-refractivity contribution in [2.75, 3.05) is 6.61 Å². The minimum atomic E-state index is 0.0938. The molecule has 0 aliphatic heterocycles. The molecule has 0 spiro atoms. The van der Waals surface area contributed by atoms with Crippen LogP contribution in [0.4, 0.5) is 0 Å². The summed E-state index contributed by atoms with van der Waals surface area (Å²) in [6.07, 6.45) is 1.86. The fourth-order valence-corrected chi connectivity index (χ4v) is 1.64. The van der Waals surface area contributed by atoms with E-state index in [0.29, 0.717) is 17.4 Å². The molecule has 0 aliphatic rings. The number of hydrogen-bond acceptors (Lipinski definition) is 1. The summed E-state index contributed by atoms with van der Waals surface area (Å²) >= 11 is 0.312. The Morgan fingerprint density at radius 1 is 1.10 bits per heavy atom. The molecule has 0 N–H and O–H groups in total. The molecule has 0 bridgehead atoms. The van der Waals surface area contributed by atoms with E-state index in [2.05, 4.69) is 13.8 Å². The van der Waals surface area contributed by atoms with Crippen LogP contribution in [0.1, 0.15) is 33.6 Å². The summed E-state index contributed by atoms with van der Waals surface area (Å²) in [6, 6.07) is 0. The third-order valence-corrected chi connectivity index (χ3v) is 3.50. The van der Waals surface area contributed by atoms with Gasteiger partial charge in [0.15, 0.2) is 0 Å². The quantitative estimate of drug-likeness (QED) is 0.635. The molecule has 2 heteroatoms. The zero-order valence-corrected chi connectivity index (χ0v) is 9.94. The van der Waals surface area contributed by atoms with Crippen molar-refractivity contribution < 1.29 is 5.11 Å². The first-order chi connectivity index (χ1) is 4.83. The third-order valence-electron chi connectivity index (χ3n) is 1.08. The van der Waals surface area contributed by atoms with Crippen molar-refractivity contribution in [3.63, 3.8) is 0 Å². The van der Waals surface area contributed by atoms with Gasteiger partial charge in [0.05, 0.1) is 0 Å². The van der Waals surface area contributed by atoms with Gasteiger partial charge in [0.2, 0.25) is 0 Å². The second-order valence-electron chi connectivity index (χ2n) is 2.16. The zero-order valence-electron chi connectivity index (χ0n) is 7.52. The van der Waals surface area contributed by atoms with Gasteiger partial charge in [-0.3, -0.25) is 0 Å². The van der Waals surface area contributed by atoms with Crippen LogP contribution in [-0.2, 0) is 0 Å². The molecule has 0 aliphatic carbocycles. The molecule has 10 heavy (non-hydrogen) atoms. The van der Waals surface area contributed by atoms with Crippen LogP contribution in [0.2, 0.25) is 9.95 Å². The molecule has 0 aromatic rings. The molecule has 0 aromatic heterocycles. The Morgan fingerprint density at radius 3 is 1.60 bits per heavy atom. The van der Waals surface area contributed by atoms with Crippen LogP contribution >= 0.6 is 0 Å². The molecule has 0 heterocycles. The van der Waals surface area contributed by atoms with Gasteiger partial charge in [-0.2, -0.15) is 0 Å². The number of rotatable bonds is 4. The van der Waals surface area contributed by atoms with E-state index in [9.17, 15) is 5.11 Å². The van der Waals surface area contributed by atoms with Crippen molar-refractivity contribution >= 4 is 17.4 Å². The molecule has 0 rings (SSSR count). The fraction of sp³-hybridized carbons (Fsp3) is 1.00. The predicted octanol–water partition coefficient (Wildman–Crippen LogP) is 1.71. The van der Waals surface area contributed by atoms with Crippen molar-refractivity contribution in [2.24, 2.45) is 0 Å². The first kappa shape index (κ1) is 13.2. The Kier molecular flexibility index (Phi) is 21.5. The van der Waals surface area contributed by atoms with Gasteiger partial charge in [0.25, 0.3) is 0 Å². The Balaban J connectivity index is 0. The summed E-state index contributed by atoms with van der Waals surface area (Å²) in [6.45, 7) is 6.67. The summed E-state index contributed by atoms with van der Waals surface area (Å²) in [7, 11) is 0. The van der Waals surface area contributed by atoms with Crippen molar-refractivity contribution in [3.8, 4) is 0 Å². The summed E-state index contributed by atoms with van der Waals surface area (Å²) < 4.78 is 0. The van der Waals surface area contributed by atoms with Gasteiger partial charge in [-0.15, -0.1) is 6.61 Å². The fourth-order valence-electron chi connectivity index (χ4n) is 0.433. The summed E-state index contributed by atoms with van der Waals surface area (Å²) in [5, 5.41) is 9.53. The summed E-state index contributed by atoms with van der Waals surface area (Å²) in [5.41, 5.74) is 0. The monoisotopic (exact) mass is 200 g/mol. The van der Waals surface area contributed by atoms with E-state index >= 15 is 0 Å². The predicted molar refractivity (Wildman–Crippen MR) is 46.5 cm³/mol. The molecule has 0 saturated heterocycles. The molecule has 0 amide bonds. The molecule has 0 fully saturated rings. The minimum absolute atomic E-state index is 0.0938. The molecular weight excluding hydrogens is 182 g/mol. The van der Waals surface area contributed by atoms with Crippen LogP contribution in [0.15, 0.2) is 0 Å². The zero-order chi connectivity index (χ0) is 8.24. The van der Waals surface area contributed by atoms with E-state index in [-0.39, 0.29) is 6.61 Å². The Labute approximate surface area is 73.0 Å². The standard InChI is InChI=1S/C4H9O.2C2H5.Ga/c1-2-3-4-5;2*1-2;/h2-4H2,1H3;2*1H2,2H3;/q-1;;;+1. The molecule has 0 saturated carbocycles. The molecule has 0 aromatic carbocycles. The normalized spacial score (nSPS) is 7.60. The topological polar surface area (TPSA) is 23.1 Å². The second-order valence-corrected chi connectivity index (χ2v) is 6.80. The maximum absolute atomic E-state index is 9.53. The Morgan fingerprint density at radius 2 is 1.60 bits per heavy atom. The van der Waals surface area contributed by atoms with Gasteiger partial charge in [-0.1, -0.05) is 19.8 Å². The van der Waals surface area contributed by atoms with Gasteiger partial charge in [-0.25, -0.2) is 0 Å². The van der Waals surface area contributed by atoms with Crippen LogP contribution < -0.4 is 5.11 Å². The third kappa shape index (κ3) is 23.5. The van der Waals surface area contributed by atoms with Crippen LogP contribution in [0.5, 0.6) is 0 Å². The molecular formula is C8H19GaO. The number of unbranched alkanes of at least 4 members (excludes halogenated alkanes) is 1.